The molecule has 5 nitrogen and oxygen atoms in total. The van der Waals surface area contributed by atoms with Crippen molar-refractivity contribution in [2.24, 2.45) is 0 Å². The predicted molar refractivity (Wildman–Crippen MR) is 58.6 cm³/mol. The molecule has 84 valence electrons. The van der Waals surface area contributed by atoms with Gasteiger partial charge in [-0.25, -0.2) is 0 Å². The van der Waals surface area contributed by atoms with E-state index < -0.39 is 6.29 Å². The first-order valence-corrected chi connectivity index (χ1v) is 4.88. The molecule has 0 saturated carbocycles. The van der Waals surface area contributed by atoms with Crippen molar-refractivity contribution in [2.45, 2.75) is 6.29 Å². The number of methoxy groups -OCH3 is 2. The molecule has 0 aliphatic heterocycles. The fraction of sp³-hybridized carbons (Fsp3) is 0.273. The van der Waals surface area contributed by atoms with Crippen molar-refractivity contribution in [2.75, 3.05) is 14.2 Å². The maximum atomic E-state index is 5.16. The number of nitrogens with one attached hydrogen (secondary N) is 1. The number of H-pyrrole nitrogens is 1. The van der Waals surface area contributed by atoms with E-state index in [-0.39, 0.29) is 0 Å². The van der Waals surface area contributed by atoms with E-state index in [4.69, 9.17) is 9.47 Å². The Hall–Kier alpha value is -1.72. The SMILES string of the molecule is COC(OC)c1n[nH]nc1-c1ccccc1. The Morgan fingerprint density at radius 3 is 2.38 bits per heavy atom. The summed E-state index contributed by atoms with van der Waals surface area (Å²) in [7, 11) is 3.13. The molecule has 0 unspecified atom stereocenters. The lowest BCUT2D eigenvalue weighted by Crippen LogP contribution is -2.05. The van der Waals surface area contributed by atoms with Crippen LogP contribution >= 0.6 is 0 Å². The largest absolute Gasteiger partial charge is 0.350 e. The number of aromatic nitrogens is 3. The van der Waals surface area contributed by atoms with Crippen LogP contribution in [-0.4, -0.2) is 29.6 Å². The van der Waals surface area contributed by atoms with Crippen LogP contribution in [0.15, 0.2) is 30.3 Å². The van der Waals surface area contributed by atoms with Crippen molar-refractivity contribution >= 4 is 0 Å². The van der Waals surface area contributed by atoms with Crippen LogP contribution in [-0.2, 0) is 9.47 Å². The highest BCUT2D eigenvalue weighted by Gasteiger charge is 2.19. The molecule has 0 aliphatic carbocycles. The highest BCUT2D eigenvalue weighted by Crippen LogP contribution is 2.25. The first kappa shape index (κ1) is 10.8. The quantitative estimate of drug-likeness (QED) is 0.796. The molecule has 0 radical (unpaired) electrons. The number of hydrogen-bond donors (Lipinski definition) is 1. The van der Waals surface area contributed by atoms with E-state index in [0.29, 0.717) is 5.69 Å². The Balaban J connectivity index is 2.40. The zero-order valence-electron chi connectivity index (χ0n) is 9.18. The number of benzene rings is 1. The average molecular weight is 219 g/mol. The first-order chi connectivity index (χ1) is 7.86. The maximum Gasteiger partial charge on any atom is 0.204 e. The van der Waals surface area contributed by atoms with Crippen molar-refractivity contribution in [3.05, 3.63) is 36.0 Å². The van der Waals surface area contributed by atoms with Gasteiger partial charge in [0.05, 0.1) is 0 Å². The molecule has 0 bridgehead atoms. The van der Waals surface area contributed by atoms with E-state index in [0.717, 1.165) is 11.3 Å². The van der Waals surface area contributed by atoms with Crippen LogP contribution in [0.1, 0.15) is 12.0 Å². The molecule has 1 aromatic carbocycles. The summed E-state index contributed by atoms with van der Waals surface area (Å²) < 4.78 is 10.3. The zero-order chi connectivity index (χ0) is 11.4. The number of aromatic amines is 1. The van der Waals surface area contributed by atoms with Gasteiger partial charge in [-0.2, -0.15) is 15.4 Å². The molecule has 0 amide bonds. The van der Waals surface area contributed by atoms with Crippen molar-refractivity contribution in [1.29, 1.82) is 0 Å². The van der Waals surface area contributed by atoms with Gasteiger partial charge in [-0.15, -0.1) is 0 Å². The van der Waals surface area contributed by atoms with Gasteiger partial charge in [-0.1, -0.05) is 30.3 Å². The fourth-order valence-electron chi connectivity index (χ4n) is 1.53. The summed E-state index contributed by atoms with van der Waals surface area (Å²) in [6, 6.07) is 9.77. The summed E-state index contributed by atoms with van der Waals surface area (Å²) in [4.78, 5) is 0. The lowest BCUT2D eigenvalue weighted by Gasteiger charge is -2.11. The molecule has 0 saturated heterocycles. The maximum absolute atomic E-state index is 5.16. The van der Waals surface area contributed by atoms with Crippen molar-refractivity contribution in [1.82, 2.24) is 15.4 Å². The predicted octanol–water partition coefficient (Wildman–Crippen LogP) is 1.76. The minimum absolute atomic E-state index is 0.506. The third-order valence-electron chi connectivity index (χ3n) is 2.27. The molecule has 0 fully saturated rings. The molecule has 1 aromatic heterocycles. The van der Waals surface area contributed by atoms with E-state index in [2.05, 4.69) is 15.4 Å². The van der Waals surface area contributed by atoms with E-state index in [1.165, 1.54) is 0 Å². The Morgan fingerprint density at radius 2 is 1.75 bits per heavy atom. The third-order valence-corrected chi connectivity index (χ3v) is 2.27. The van der Waals surface area contributed by atoms with Gasteiger partial charge >= 0.3 is 0 Å². The van der Waals surface area contributed by atoms with E-state index in [1.807, 2.05) is 30.3 Å². The lowest BCUT2D eigenvalue weighted by molar-refractivity contribution is -0.108. The monoisotopic (exact) mass is 219 g/mol. The minimum Gasteiger partial charge on any atom is -0.350 e. The van der Waals surface area contributed by atoms with Crippen LogP contribution in [0.4, 0.5) is 0 Å². The van der Waals surface area contributed by atoms with Gasteiger partial charge in [0.15, 0.2) is 0 Å². The van der Waals surface area contributed by atoms with Crippen molar-refractivity contribution < 1.29 is 9.47 Å². The van der Waals surface area contributed by atoms with Gasteiger partial charge in [-0.05, 0) is 0 Å². The summed E-state index contributed by atoms with van der Waals surface area (Å²) >= 11 is 0. The lowest BCUT2D eigenvalue weighted by atomic mass is 10.1. The van der Waals surface area contributed by atoms with Crippen LogP contribution < -0.4 is 0 Å². The standard InChI is InChI=1S/C11H13N3O2/c1-15-11(16-2)10-9(12-14-13-10)8-6-4-3-5-7-8/h3-7,11H,1-2H3,(H,12,13,14). The van der Waals surface area contributed by atoms with E-state index >= 15 is 0 Å². The number of nitrogens with zero attached hydrogens (tertiary/aromatic N) is 2. The van der Waals surface area contributed by atoms with Crippen LogP contribution in [0.5, 0.6) is 0 Å². The van der Waals surface area contributed by atoms with Crippen LogP contribution in [0, 0.1) is 0 Å². The van der Waals surface area contributed by atoms with E-state index in [1.54, 1.807) is 14.2 Å². The Labute approximate surface area is 93.4 Å². The molecule has 2 aromatic rings. The van der Waals surface area contributed by atoms with Crippen LogP contribution in [0.2, 0.25) is 0 Å². The average Bonchev–Trinajstić information content (AvgIpc) is 2.81. The Morgan fingerprint density at radius 1 is 1.06 bits per heavy atom. The molecule has 0 atom stereocenters. The third kappa shape index (κ3) is 1.95. The van der Waals surface area contributed by atoms with Gasteiger partial charge in [0.1, 0.15) is 11.4 Å². The van der Waals surface area contributed by atoms with Crippen molar-refractivity contribution in [3.63, 3.8) is 0 Å². The van der Waals surface area contributed by atoms with Crippen molar-refractivity contribution in [3.8, 4) is 11.3 Å². The van der Waals surface area contributed by atoms with Crippen LogP contribution in [0.3, 0.4) is 0 Å². The van der Waals surface area contributed by atoms with Gasteiger partial charge in [0, 0.05) is 19.8 Å². The molecule has 1 heterocycles. The van der Waals surface area contributed by atoms with Gasteiger partial charge in [0.25, 0.3) is 0 Å². The highest BCUT2D eigenvalue weighted by molar-refractivity contribution is 5.61. The summed E-state index contributed by atoms with van der Waals surface area (Å²) in [6.07, 6.45) is -0.506. The van der Waals surface area contributed by atoms with Gasteiger partial charge in [-0.3, -0.25) is 0 Å². The second-order valence-corrected chi connectivity index (χ2v) is 3.23. The summed E-state index contributed by atoms with van der Waals surface area (Å²) in [5.74, 6) is 0. The normalized spacial score (nSPS) is 10.9. The highest BCUT2D eigenvalue weighted by atomic mass is 16.7. The topological polar surface area (TPSA) is 60.0 Å². The second-order valence-electron chi connectivity index (χ2n) is 3.23. The number of ether oxygens (including phenoxy) is 2. The molecule has 2 rings (SSSR count). The minimum atomic E-state index is -0.506. The summed E-state index contributed by atoms with van der Waals surface area (Å²) in [6.45, 7) is 0. The molecule has 5 heteroatoms. The molecule has 16 heavy (non-hydrogen) atoms. The molecule has 0 aliphatic rings. The van der Waals surface area contributed by atoms with E-state index in [9.17, 15) is 0 Å². The molecular formula is C11H13N3O2. The van der Waals surface area contributed by atoms with Gasteiger partial charge in [0.2, 0.25) is 6.29 Å². The molecular weight excluding hydrogens is 206 g/mol. The molecule has 0 spiro atoms. The number of rotatable bonds is 4. The summed E-state index contributed by atoms with van der Waals surface area (Å²) in [5, 5.41) is 10.7. The molecule has 1 N–H and O–H groups in total. The second kappa shape index (κ2) is 4.87. The zero-order valence-corrected chi connectivity index (χ0v) is 9.18. The Kier molecular flexibility index (Phi) is 3.28. The van der Waals surface area contributed by atoms with Gasteiger partial charge < -0.3 is 9.47 Å². The van der Waals surface area contributed by atoms with Crippen LogP contribution in [0.25, 0.3) is 11.3 Å². The summed E-state index contributed by atoms with van der Waals surface area (Å²) in [5.41, 5.74) is 2.37. The first-order valence-electron chi connectivity index (χ1n) is 4.88. The Bertz CT molecular complexity index is 438. The number of hydrogen-bond acceptors (Lipinski definition) is 4. The fourth-order valence-corrected chi connectivity index (χ4v) is 1.53. The smallest absolute Gasteiger partial charge is 0.204 e.